The molecule has 0 aliphatic carbocycles. The number of carbonyl (C=O) groups is 1. The minimum Gasteiger partial charge on any atom is -0.441 e. The van der Waals surface area contributed by atoms with Crippen LogP contribution in [0.1, 0.15) is 21.8 Å². The van der Waals surface area contributed by atoms with Gasteiger partial charge in [-0.3, -0.25) is 4.79 Å². The zero-order valence-electron chi connectivity index (χ0n) is 12.8. The summed E-state index contributed by atoms with van der Waals surface area (Å²) < 4.78 is 18.7. The molecular formula is C18H15FN2O2. The Kier molecular flexibility index (Phi) is 3.93. The van der Waals surface area contributed by atoms with Crippen LogP contribution in [0.2, 0.25) is 0 Å². The second-order valence-electron chi connectivity index (χ2n) is 5.20. The van der Waals surface area contributed by atoms with Gasteiger partial charge in [-0.15, -0.1) is 0 Å². The fourth-order valence-corrected chi connectivity index (χ4v) is 2.26. The Morgan fingerprint density at radius 2 is 1.87 bits per heavy atom. The van der Waals surface area contributed by atoms with E-state index in [9.17, 15) is 9.18 Å². The molecule has 0 bridgehead atoms. The molecule has 0 saturated carbocycles. The maximum absolute atomic E-state index is 13.1. The summed E-state index contributed by atoms with van der Waals surface area (Å²) in [6.45, 7) is 3.41. The molecule has 1 aromatic heterocycles. The summed E-state index contributed by atoms with van der Waals surface area (Å²) in [6.07, 6.45) is 0. The molecule has 5 heteroatoms. The number of rotatable bonds is 3. The van der Waals surface area contributed by atoms with Crippen LogP contribution in [0.25, 0.3) is 11.5 Å². The van der Waals surface area contributed by atoms with Crippen molar-refractivity contribution in [2.45, 2.75) is 13.8 Å². The van der Waals surface area contributed by atoms with Crippen LogP contribution in [-0.2, 0) is 0 Å². The summed E-state index contributed by atoms with van der Waals surface area (Å²) in [6, 6.07) is 13.5. The van der Waals surface area contributed by atoms with Crippen LogP contribution < -0.4 is 5.32 Å². The fraction of sp³-hybridized carbons (Fsp3) is 0.111. The summed E-state index contributed by atoms with van der Waals surface area (Å²) in [7, 11) is 0. The quantitative estimate of drug-likeness (QED) is 0.782. The van der Waals surface area contributed by atoms with Gasteiger partial charge in [0, 0.05) is 11.3 Å². The van der Waals surface area contributed by atoms with E-state index in [0.717, 1.165) is 5.56 Å². The van der Waals surface area contributed by atoms with Crippen LogP contribution in [0.15, 0.2) is 52.9 Å². The van der Waals surface area contributed by atoms with Gasteiger partial charge in [-0.05, 0) is 49.7 Å². The number of aromatic nitrogens is 1. The minimum absolute atomic E-state index is 0.215. The van der Waals surface area contributed by atoms with Gasteiger partial charge in [0.2, 0.25) is 5.89 Å². The summed E-state index contributed by atoms with van der Waals surface area (Å²) in [5.41, 5.74) is 2.20. The Balaban J connectivity index is 1.87. The number of aryl methyl sites for hydroxylation is 2. The molecule has 1 N–H and O–H groups in total. The molecule has 4 nitrogen and oxygen atoms in total. The Bertz CT molecular complexity index is 857. The number of hydrogen-bond acceptors (Lipinski definition) is 3. The molecule has 0 unspecified atom stereocenters. The van der Waals surface area contributed by atoms with Gasteiger partial charge in [-0.25, -0.2) is 9.37 Å². The Hall–Kier alpha value is -2.95. The summed E-state index contributed by atoms with van der Waals surface area (Å²) in [4.78, 5) is 16.7. The molecule has 1 heterocycles. The lowest BCUT2D eigenvalue weighted by Crippen LogP contribution is -2.14. The molecule has 3 aromatic rings. The number of halogens is 1. The van der Waals surface area contributed by atoms with Crippen molar-refractivity contribution in [3.05, 3.63) is 71.4 Å². The molecule has 0 saturated heterocycles. The van der Waals surface area contributed by atoms with Crippen molar-refractivity contribution in [2.24, 2.45) is 0 Å². The Morgan fingerprint density at radius 3 is 2.57 bits per heavy atom. The van der Waals surface area contributed by atoms with Crippen molar-refractivity contribution in [1.82, 2.24) is 4.98 Å². The molecule has 2 aromatic carbocycles. The molecule has 116 valence electrons. The lowest BCUT2D eigenvalue weighted by molar-refractivity contribution is 0.102. The SMILES string of the molecule is Cc1cc(F)ccc1NC(=O)c1nc(-c2ccccc2)oc1C. The zero-order chi connectivity index (χ0) is 16.4. The van der Waals surface area contributed by atoms with E-state index in [1.807, 2.05) is 30.3 Å². The van der Waals surface area contributed by atoms with Crippen LogP contribution in [-0.4, -0.2) is 10.9 Å². The topological polar surface area (TPSA) is 55.1 Å². The van der Waals surface area contributed by atoms with Gasteiger partial charge in [-0.2, -0.15) is 0 Å². The summed E-state index contributed by atoms with van der Waals surface area (Å²) in [5.74, 6) is 0.0952. The highest BCUT2D eigenvalue weighted by atomic mass is 19.1. The zero-order valence-corrected chi connectivity index (χ0v) is 12.8. The van der Waals surface area contributed by atoms with Gasteiger partial charge in [-0.1, -0.05) is 18.2 Å². The first-order valence-corrected chi connectivity index (χ1v) is 7.15. The van der Waals surface area contributed by atoms with Crippen molar-refractivity contribution < 1.29 is 13.6 Å². The third-order valence-electron chi connectivity index (χ3n) is 3.47. The van der Waals surface area contributed by atoms with Gasteiger partial charge in [0.1, 0.15) is 11.6 Å². The van der Waals surface area contributed by atoms with Gasteiger partial charge >= 0.3 is 0 Å². The van der Waals surface area contributed by atoms with Gasteiger partial charge < -0.3 is 9.73 Å². The van der Waals surface area contributed by atoms with Gasteiger partial charge in [0.15, 0.2) is 5.69 Å². The first kappa shape index (κ1) is 15.0. The minimum atomic E-state index is -0.386. The van der Waals surface area contributed by atoms with E-state index in [4.69, 9.17) is 4.42 Å². The van der Waals surface area contributed by atoms with E-state index in [1.165, 1.54) is 18.2 Å². The van der Waals surface area contributed by atoms with E-state index < -0.39 is 0 Å². The van der Waals surface area contributed by atoms with Crippen molar-refractivity contribution >= 4 is 11.6 Å². The van der Waals surface area contributed by atoms with Crippen molar-refractivity contribution in [2.75, 3.05) is 5.32 Å². The van der Waals surface area contributed by atoms with E-state index in [1.54, 1.807) is 13.8 Å². The number of hydrogen-bond donors (Lipinski definition) is 1. The Labute approximate surface area is 133 Å². The molecule has 3 rings (SSSR count). The second kappa shape index (κ2) is 6.04. The van der Waals surface area contributed by atoms with E-state index in [2.05, 4.69) is 10.3 Å². The third kappa shape index (κ3) is 3.13. The smallest absolute Gasteiger partial charge is 0.277 e. The number of anilines is 1. The van der Waals surface area contributed by atoms with Crippen LogP contribution in [0.3, 0.4) is 0 Å². The average Bonchev–Trinajstić information content (AvgIpc) is 2.93. The number of benzene rings is 2. The van der Waals surface area contributed by atoms with E-state index in [-0.39, 0.29) is 17.4 Å². The maximum Gasteiger partial charge on any atom is 0.277 e. The van der Waals surface area contributed by atoms with E-state index >= 15 is 0 Å². The molecule has 0 aliphatic heterocycles. The largest absolute Gasteiger partial charge is 0.441 e. The molecule has 23 heavy (non-hydrogen) atoms. The van der Waals surface area contributed by atoms with Crippen LogP contribution in [0.4, 0.5) is 10.1 Å². The predicted molar refractivity (Wildman–Crippen MR) is 85.8 cm³/mol. The van der Waals surface area contributed by atoms with Crippen LogP contribution >= 0.6 is 0 Å². The number of carbonyl (C=O) groups excluding carboxylic acids is 1. The van der Waals surface area contributed by atoms with Gasteiger partial charge in [0.05, 0.1) is 0 Å². The monoisotopic (exact) mass is 310 g/mol. The third-order valence-corrected chi connectivity index (χ3v) is 3.47. The van der Waals surface area contributed by atoms with Crippen LogP contribution in [0, 0.1) is 19.7 Å². The van der Waals surface area contributed by atoms with E-state index in [0.29, 0.717) is 22.9 Å². The average molecular weight is 310 g/mol. The Morgan fingerprint density at radius 1 is 1.13 bits per heavy atom. The second-order valence-corrected chi connectivity index (χ2v) is 5.20. The van der Waals surface area contributed by atoms with Crippen molar-refractivity contribution in [3.8, 4) is 11.5 Å². The number of oxazole rings is 1. The molecule has 0 aliphatic rings. The maximum atomic E-state index is 13.1. The van der Waals surface area contributed by atoms with Crippen LogP contribution in [0.5, 0.6) is 0 Å². The molecular weight excluding hydrogens is 295 g/mol. The lowest BCUT2D eigenvalue weighted by Gasteiger charge is -2.06. The number of nitrogens with zero attached hydrogens (tertiary/aromatic N) is 1. The highest BCUT2D eigenvalue weighted by molar-refractivity contribution is 6.04. The summed E-state index contributed by atoms with van der Waals surface area (Å²) >= 11 is 0. The molecule has 1 amide bonds. The molecule has 0 atom stereocenters. The molecule has 0 spiro atoms. The first-order valence-electron chi connectivity index (χ1n) is 7.15. The fourth-order valence-electron chi connectivity index (χ4n) is 2.26. The van der Waals surface area contributed by atoms with Gasteiger partial charge in [0.25, 0.3) is 5.91 Å². The first-order chi connectivity index (χ1) is 11.0. The number of amides is 1. The highest BCUT2D eigenvalue weighted by Crippen LogP contribution is 2.23. The highest BCUT2D eigenvalue weighted by Gasteiger charge is 2.18. The molecule has 0 radical (unpaired) electrons. The normalized spacial score (nSPS) is 10.6. The number of nitrogens with one attached hydrogen (secondary N) is 1. The van der Waals surface area contributed by atoms with Crippen molar-refractivity contribution in [1.29, 1.82) is 0 Å². The summed E-state index contributed by atoms with van der Waals surface area (Å²) in [5, 5.41) is 2.73. The molecule has 0 fully saturated rings. The van der Waals surface area contributed by atoms with Crippen molar-refractivity contribution in [3.63, 3.8) is 0 Å². The standard InChI is InChI=1S/C18H15FN2O2/c1-11-10-14(19)8-9-15(11)20-17(22)16-12(2)23-18(21-16)13-6-4-3-5-7-13/h3-10H,1-2H3,(H,20,22). The predicted octanol–water partition coefficient (Wildman–Crippen LogP) is 4.35. The lowest BCUT2D eigenvalue weighted by atomic mass is 10.2.